The molecule has 0 bridgehead atoms. The van der Waals surface area contributed by atoms with E-state index >= 15 is 0 Å². The Kier molecular flexibility index (Phi) is 3.59. The van der Waals surface area contributed by atoms with Crippen LogP contribution in [0.25, 0.3) is 11.3 Å². The van der Waals surface area contributed by atoms with Gasteiger partial charge in [-0.2, -0.15) is 0 Å². The highest BCUT2D eigenvalue weighted by Crippen LogP contribution is 2.21. The van der Waals surface area contributed by atoms with Crippen molar-refractivity contribution in [1.29, 1.82) is 0 Å². The molecule has 3 N–H and O–H groups in total. The van der Waals surface area contributed by atoms with Gasteiger partial charge in [-0.1, -0.05) is 29.8 Å². The summed E-state index contributed by atoms with van der Waals surface area (Å²) < 4.78 is 0. The molecule has 0 amide bonds. The lowest BCUT2D eigenvalue weighted by atomic mass is 10.1. The van der Waals surface area contributed by atoms with Crippen LogP contribution in [0.5, 0.6) is 0 Å². The van der Waals surface area contributed by atoms with E-state index < -0.39 is 0 Å². The molecular formula is C14H19N3. The number of rotatable bonds is 4. The van der Waals surface area contributed by atoms with Gasteiger partial charge in [-0.25, -0.2) is 4.98 Å². The molecule has 1 aromatic heterocycles. The third-order valence-electron chi connectivity index (χ3n) is 2.88. The number of imidazole rings is 1. The highest BCUT2D eigenvalue weighted by molar-refractivity contribution is 5.62. The molecule has 1 aromatic carbocycles. The van der Waals surface area contributed by atoms with Crippen molar-refractivity contribution < 1.29 is 0 Å². The zero-order valence-corrected chi connectivity index (χ0v) is 10.5. The molecule has 0 aliphatic rings. The largest absolute Gasteiger partial charge is 0.346 e. The zero-order chi connectivity index (χ0) is 12.3. The number of nitrogens with zero attached hydrogens (tertiary/aromatic N) is 1. The van der Waals surface area contributed by atoms with Gasteiger partial charge < -0.3 is 10.7 Å². The highest BCUT2D eigenvalue weighted by atomic mass is 14.9. The first-order valence-corrected chi connectivity index (χ1v) is 6.03. The van der Waals surface area contributed by atoms with Gasteiger partial charge in [-0.15, -0.1) is 0 Å². The lowest BCUT2D eigenvalue weighted by Crippen LogP contribution is -2.01. The molecule has 0 unspecified atom stereocenters. The molecule has 1 heterocycles. The van der Waals surface area contributed by atoms with Crippen LogP contribution in [-0.4, -0.2) is 16.5 Å². The maximum atomic E-state index is 5.51. The van der Waals surface area contributed by atoms with Gasteiger partial charge in [0.1, 0.15) is 5.82 Å². The van der Waals surface area contributed by atoms with Crippen molar-refractivity contribution in [3.8, 4) is 11.3 Å². The van der Waals surface area contributed by atoms with E-state index in [0.29, 0.717) is 6.54 Å². The Morgan fingerprint density at radius 3 is 2.53 bits per heavy atom. The molecule has 2 rings (SSSR count). The van der Waals surface area contributed by atoms with Crippen molar-refractivity contribution in [2.24, 2.45) is 5.73 Å². The van der Waals surface area contributed by atoms with Crippen LogP contribution in [0, 0.1) is 13.8 Å². The summed E-state index contributed by atoms with van der Waals surface area (Å²) in [5, 5.41) is 0. The number of nitrogens with two attached hydrogens (primary N) is 1. The molecule has 0 aliphatic carbocycles. The van der Waals surface area contributed by atoms with Crippen LogP contribution in [0.3, 0.4) is 0 Å². The van der Waals surface area contributed by atoms with E-state index in [9.17, 15) is 0 Å². The van der Waals surface area contributed by atoms with Crippen LogP contribution in [0.1, 0.15) is 23.5 Å². The number of aryl methyl sites for hydroxylation is 3. The minimum absolute atomic E-state index is 0.708. The minimum Gasteiger partial charge on any atom is -0.346 e. The second kappa shape index (κ2) is 5.15. The number of H-pyrrole nitrogens is 1. The molecule has 0 fully saturated rings. The van der Waals surface area contributed by atoms with Gasteiger partial charge in [-0.05, 0) is 26.8 Å². The fraction of sp³-hybridized carbons (Fsp3) is 0.357. The molecule has 0 saturated carbocycles. The Labute approximate surface area is 102 Å². The summed E-state index contributed by atoms with van der Waals surface area (Å²) in [6, 6.07) is 8.46. The van der Waals surface area contributed by atoms with E-state index in [0.717, 1.165) is 30.1 Å². The molecule has 17 heavy (non-hydrogen) atoms. The number of nitrogens with one attached hydrogen (secondary N) is 1. The highest BCUT2D eigenvalue weighted by Gasteiger charge is 2.08. The van der Waals surface area contributed by atoms with Crippen molar-refractivity contribution in [3.05, 3.63) is 41.3 Å². The lowest BCUT2D eigenvalue weighted by Gasteiger charge is -1.98. The van der Waals surface area contributed by atoms with Gasteiger partial charge >= 0.3 is 0 Å². The normalized spacial score (nSPS) is 10.8. The third kappa shape index (κ3) is 2.74. The fourth-order valence-electron chi connectivity index (χ4n) is 1.90. The van der Waals surface area contributed by atoms with Gasteiger partial charge in [0.2, 0.25) is 0 Å². The first kappa shape index (κ1) is 11.9. The van der Waals surface area contributed by atoms with Gasteiger partial charge in [0, 0.05) is 17.7 Å². The minimum atomic E-state index is 0.708. The number of aromatic nitrogens is 2. The third-order valence-corrected chi connectivity index (χ3v) is 2.88. The van der Waals surface area contributed by atoms with E-state index in [-0.39, 0.29) is 0 Å². The summed E-state index contributed by atoms with van der Waals surface area (Å²) in [5.41, 5.74) is 10.1. The van der Waals surface area contributed by atoms with Crippen LogP contribution < -0.4 is 5.73 Å². The van der Waals surface area contributed by atoms with E-state index in [2.05, 4.69) is 48.1 Å². The average molecular weight is 229 g/mol. The van der Waals surface area contributed by atoms with Crippen molar-refractivity contribution in [2.75, 3.05) is 6.54 Å². The van der Waals surface area contributed by atoms with Gasteiger partial charge in [0.25, 0.3) is 0 Å². The summed E-state index contributed by atoms with van der Waals surface area (Å²) in [6.45, 7) is 4.86. The summed E-state index contributed by atoms with van der Waals surface area (Å²) >= 11 is 0. The van der Waals surface area contributed by atoms with E-state index in [1.807, 2.05) is 0 Å². The first-order chi connectivity index (χ1) is 8.20. The predicted octanol–water partition coefficient (Wildman–Crippen LogP) is 2.58. The Morgan fingerprint density at radius 2 is 1.88 bits per heavy atom. The maximum Gasteiger partial charge on any atom is 0.107 e. The molecule has 3 heteroatoms. The summed E-state index contributed by atoms with van der Waals surface area (Å²) in [4.78, 5) is 7.96. The molecule has 90 valence electrons. The van der Waals surface area contributed by atoms with Crippen LogP contribution >= 0.6 is 0 Å². The Morgan fingerprint density at radius 1 is 1.18 bits per heavy atom. The quantitative estimate of drug-likeness (QED) is 0.846. The second-order valence-electron chi connectivity index (χ2n) is 4.42. The van der Waals surface area contributed by atoms with Gasteiger partial charge in [0.05, 0.1) is 5.69 Å². The van der Waals surface area contributed by atoms with Crippen LogP contribution in [0.2, 0.25) is 0 Å². The monoisotopic (exact) mass is 229 g/mol. The van der Waals surface area contributed by atoms with Gasteiger partial charge in [-0.3, -0.25) is 0 Å². The van der Waals surface area contributed by atoms with Crippen molar-refractivity contribution in [1.82, 2.24) is 9.97 Å². The number of benzene rings is 1. The van der Waals surface area contributed by atoms with Crippen LogP contribution in [0.15, 0.2) is 24.3 Å². The molecule has 0 spiro atoms. The van der Waals surface area contributed by atoms with Crippen LogP contribution in [0.4, 0.5) is 0 Å². The standard InChI is InChI=1S/C14H19N3/c1-10-5-7-12(8-6-10)14-11(2)16-13(17-14)4-3-9-15/h5-8H,3-4,9,15H2,1-2H3,(H,16,17). The fourth-order valence-corrected chi connectivity index (χ4v) is 1.90. The molecule has 0 saturated heterocycles. The molecule has 3 nitrogen and oxygen atoms in total. The first-order valence-electron chi connectivity index (χ1n) is 6.03. The number of aromatic amines is 1. The maximum absolute atomic E-state index is 5.51. The number of hydrogen-bond donors (Lipinski definition) is 2. The van der Waals surface area contributed by atoms with Crippen molar-refractivity contribution >= 4 is 0 Å². The summed E-state index contributed by atoms with van der Waals surface area (Å²) in [7, 11) is 0. The van der Waals surface area contributed by atoms with Crippen molar-refractivity contribution in [3.63, 3.8) is 0 Å². The zero-order valence-electron chi connectivity index (χ0n) is 10.5. The molecule has 0 radical (unpaired) electrons. The van der Waals surface area contributed by atoms with Gasteiger partial charge in [0.15, 0.2) is 0 Å². The molecule has 0 aliphatic heterocycles. The average Bonchev–Trinajstić information content (AvgIpc) is 2.69. The van der Waals surface area contributed by atoms with Crippen molar-refractivity contribution in [2.45, 2.75) is 26.7 Å². The Bertz CT molecular complexity index is 483. The predicted molar refractivity (Wildman–Crippen MR) is 70.9 cm³/mol. The van der Waals surface area contributed by atoms with E-state index in [1.165, 1.54) is 11.1 Å². The second-order valence-corrected chi connectivity index (χ2v) is 4.42. The summed E-state index contributed by atoms with van der Waals surface area (Å²) in [6.07, 6.45) is 1.89. The Hall–Kier alpha value is -1.61. The van der Waals surface area contributed by atoms with Crippen LogP contribution in [-0.2, 0) is 6.42 Å². The Balaban J connectivity index is 2.26. The molecular weight excluding hydrogens is 210 g/mol. The summed E-state index contributed by atoms with van der Waals surface area (Å²) in [5.74, 6) is 1.03. The van der Waals surface area contributed by atoms with E-state index in [4.69, 9.17) is 5.73 Å². The molecule has 0 atom stereocenters. The number of hydrogen-bond acceptors (Lipinski definition) is 2. The molecule has 2 aromatic rings. The smallest absolute Gasteiger partial charge is 0.107 e. The topological polar surface area (TPSA) is 54.7 Å². The van der Waals surface area contributed by atoms with E-state index in [1.54, 1.807) is 0 Å². The SMILES string of the molecule is Cc1ccc(-c2nc(CCCN)[nH]c2C)cc1. The lowest BCUT2D eigenvalue weighted by molar-refractivity contribution is 0.792.